The fourth-order valence-corrected chi connectivity index (χ4v) is 2.00. The van der Waals surface area contributed by atoms with Crippen molar-refractivity contribution >= 4 is 27.5 Å². The molecule has 0 aliphatic carbocycles. The Bertz CT molecular complexity index is 580. The van der Waals surface area contributed by atoms with Crippen LogP contribution in [0.2, 0.25) is 5.02 Å². The summed E-state index contributed by atoms with van der Waals surface area (Å²) in [4.78, 5) is 3.96. The van der Waals surface area contributed by atoms with Gasteiger partial charge in [0.25, 0.3) is 0 Å². The van der Waals surface area contributed by atoms with Gasteiger partial charge in [0.05, 0.1) is 0 Å². The lowest BCUT2D eigenvalue weighted by Gasteiger charge is -2.08. The SMILES string of the molecule is NCc1ccc(Oc2ncc(Br)cc2Cl)c(F)c1. The molecule has 1 aromatic carbocycles. The Morgan fingerprint density at radius 3 is 2.78 bits per heavy atom. The summed E-state index contributed by atoms with van der Waals surface area (Å²) >= 11 is 9.15. The molecule has 3 nitrogen and oxygen atoms in total. The summed E-state index contributed by atoms with van der Waals surface area (Å²) in [5, 5.41) is 0.298. The summed E-state index contributed by atoms with van der Waals surface area (Å²) in [5.41, 5.74) is 6.11. The Morgan fingerprint density at radius 2 is 2.17 bits per heavy atom. The Hall–Kier alpha value is -1.17. The minimum Gasteiger partial charge on any atom is -0.434 e. The van der Waals surface area contributed by atoms with Crippen molar-refractivity contribution in [3.63, 3.8) is 0 Å². The molecule has 2 N–H and O–H groups in total. The molecular weight excluding hydrogens is 322 g/mol. The van der Waals surface area contributed by atoms with Crippen molar-refractivity contribution in [1.82, 2.24) is 4.98 Å². The quantitative estimate of drug-likeness (QED) is 0.928. The molecule has 0 spiro atoms. The molecule has 0 bridgehead atoms. The zero-order valence-electron chi connectivity index (χ0n) is 9.16. The van der Waals surface area contributed by atoms with E-state index in [0.717, 1.165) is 4.47 Å². The summed E-state index contributed by atoms with van der Waals surface area (Å²) < 4.78 is 19.7. The van der Waals surface area contributed by atoms with E-state index in [4.69, 9.17) is 22.1 Å². The molecule has 1 aromatic heterocycles. The molecule has 6 heteroatoms. The van der Waals surface area contributed by atoms with E-state index in [2.05, 4.69) is 20.9 Å². The van der Waals surface area contributed by atoms with Crippen LogP contribution < -0.4 is 10.5 Å². The Balaban J connectivity index is 2.28. The fourth-order valence-electron chi connectivity index (χ4n) is 1.34. The van der Waals surface area contributed by atoms with Crippen LogP contribution in [-0.4, -0.2) is 4.98 Å². The number of ether oxygens (including phenoxy) is 1. The van der Waals surface area contributed by atoms with Gasteiger partial charge in [-0.05, 0) is 39.7 Å². The summed E-state index contributed by atoms with van der Waals surface area (Å²) in [5.74, 6) is -0.290. The van der Waals surface area contributed by atoms with E-state index in [-0.39, 0.29) is 18.2 Å². The van der Waals surface area contributed by atoms with Crippen LogP contribution in [0.25, 0.3) is 0 Å². The van der Waals surface area contributed by atoms with Gasteiger partial charge in [-0.25, -0.2) is 9.37 Å². The van der Waals surface area contributed by atoms with Crippen molar-refractivity contribution in [2.75, 3.05) is 0 Å². The zero-order valence-corrected chi connectivity index (χ0v) is 11.5. The van der Waals surface area contributed by atoms with E-state index in [1.165, 1.54) is 18.3 Å². The monoisotopic (exact) mass is 330 g/mol. The molecule has 0 radical (unpaired) electrons. The maximum atomic E-state index is 13.7. The first-order valence-electron chi connectivity index (χ1n) is 5.07. The van der Waals surface area contributed by atoms with Crippen molar-refractivity contribution in [3.8, 4) is 11.6 Å². The number of nitrogens with two attached hydrogens (primary N) is 1. The van der Waals surface area contributed by atoms with Gasteiger partial charge in [0.1, 0.15) is 5.02 Å². The lowest BCUT2D eigenvalue weighted by Crippen LogP contribution is -1.98. The maximum absolute atomic E-state index is 13.7. The van der Waals surface area contributed by atoms with Gasteiger partial charge in [0, 0.05) is 17.2 Å². The standard InChI is InChI=1S/C12H9BrClFN2O/c13-8-4-9(14)12(17-6-8)18-11-2-1-7(5-16)3-10(11)15/h1-4,6H,5,16H2. The third-order valence-corrected chi connectivity index (χ3v) is 2.92. The van der Waals surface area contributed by atoms with Crippen LogP contribution in [0.3, 0.4) is 0 Å². The van der Waals surface area contributed by atoms with E-state index in [1.54, 1.807) is 12.1 Å². The Kier molecular flexibility index (Phi) is 4.16. The molecule has 0 unspecified atom stereocenters. The predicted molar refractivity (Wildman–Crippen MR) is 71.3 cm³/mol. The molecule has 0 aliphatic heterocycles. The van der Waals surface area contributed by atoms with Gasteiger partial charge in [-0.15, -0.1) is 0 Å². The summed E-state index contributed by atoms with van der Waals surface area (Å²) in [6.07, 6.45) is 1.52. The highest BCUT2D eigenvalue weighted by Gasteiger charge is 2.09. The summed E-state index contributed by atoms with van der Waals surface area (Å²) in [6, 6.07) is 6.13. The maximum Gasteiger partial charge on any atom is 0.238 e. The van der Waals surface area contributed by atoms with Crippen molar-refractivity contribution < 1.29 is 9.13 Å². The zero-order chi connectivity index (χ0) is 13.1. The highest BCUT2D eigenvalue weighted by molar-refractivity contribution is 9.10. The van der Waals surface area contributed by atoms with Crippen LogP contribution in [0.4, 0.5) is 4.39 Å². The number of nitrogens with zero attached hydrogens (tertiary/aromatic N) is 1. The number of pyridine rings is 1. The van der Waals surface area contributed by atoms with Gasteiger partial charge >= 0.3 is 0 Å². The summed E-state index contributed by atoms with van der Waals surface area (Å²) in [6.45, 7) is 0.272. The molecule has 0 amide bonds. The third-order valence-electron chi connectivity index (χ3n) is 2.21. The van der Waals surface area contributed by atoms with Gasteiger partial charge < -0.3 is 10.5 Å². The molecule has 18 heavy (non-hydrogen) atoms. The molecule has 0 atom stereocenters. The van der Waals surface area contributed by atoms with Crippen LogP contribution in [0, 0.1) is 5.82 Å². The molecular formula is C12H9BrClFN2O. The first-order chi connectivity index (χ1) is 8.60. The topological polar surface area (TPSA) is 48.1 Å². The van der Waals surface area contributed by atoms with Crippen LogP contribution in [0.1, 0.15) is 5.56 Å². The lowest BCUT2D eigenvalue weighted by molar-refractivity contribution is 0.427. The first-order valence-corrected chi connectivity index (χ1v) is 6.24. The van der Waals surface area contributed by atoms with Crippen LogP contribution >= 0.6 is 27.5 Å². The second-order valence-electron chi connectivity index (χ2n) is 3.51. The van der Waals surface area contributed by atoms with Gasteiger partial charge in [-0.3, -0.25) is 0 Å². The Morgan fingerprint density at radius 1 is 1.39 bits per heavy atom. The predicted octanol–water partition coefficient (Wildman–Crippen LogP) is 3.89. The van der Waals surface area contributed by atoms with E-state index in [1.807, 2.05) is 0 Å². The molecule has 0 saturated heterocycles. The molecule has 94 valence electrons. The number of hydrogen-bond acceptors (Lipinski definition) is 3. The minimum absolute atomic E-state index is 0.0592. The van der Waals surface area contributed by atoms with Gasteiger partial charge in [0.15, 0.2) is 11.6 Å². The molecule has 0 aliphatic rings. The second-order valence-corrected chi connectivity index (χ2v) is 4.83. The van der Waals surface area contributed by atoms with Crippen molar-refractivity contribution in [3.05, 3.63) is 51.3 Å². The number of halogens is 3. The Labute approximate surface area is 117 Å². The van der Waals surface area contributed by atoms with Crippen LogP contribution in [0.5, 0.6) is 11.6 Å². The number of benzene rings is 1. The largest absolute Gasteiger partial charge is 0.434 e. The van der Waals surface area contributed by atoms with Gasteiger partial charge in [-0.2, -0.15) is 0 Å². The first kappa shape index (κ1) is 13.3. The lowest BCUT2D eigenvalue weighted by atomic mass is 10.2. The van der Waals surface area contributed by atoms with E-state index in [9.17, 15) is 4.39 Å². The van der Waals surface area contributed by atoms with E-state index in [0.29, 0.717) is 10.6 Å². The van der Waals surface area contributed by atoms with Crippen LogP contribution in [0.15, 0.2) is 34.9 Å². The van der Waals surface area contributed by atoms with E-state index < -0.39 is 5.82 Å². The van der Waals surface area contributed by atoms with Gasteiger partial charge in [-0.1, -0.05) is 17.7 Å². The van der Waals surface area contributed by atoms with Crippen molar-refractivity contribution in [2.24, 2.45) is 5.73 Å². The fraction of sp³-hybridized carbons (Fsp3) is 0.0833. The molecule has 0 saturated carbocycles. The number of hydrogen-bond donors (Lipinski definition) is 1. The highest BCUT2D eigenvalue weighted by atomic mass is 79.9. The summed E-state index contributed by atoms with van der Waals surface area (Å²) in [7, 11) is 0. The molecule has 2 aromatic rings. The minimum atomic E-state index is -0.501. The second kappa shape index (κ2) is 5.65. The van der Waals surface area contributed by atoms with Gasteiger partial charge in [0.2, 0.25) is 5.88 Å². The third kappa shape index (κ3) is 2.98. The van der Waals surface area contributed by atoms with Crippen molar-refractivity contribution in [1.29, 1.82) is 0 Å². The molecule has 1 heterocycles. The van der Waals surface area contributed by atoms with E-state index >= 15 is 0 Å². The average molecular weight is 332 g/mol. The highest BCUT2D eigenvalue weighted by Crippen LogP contribution is 2.30. The number of aromatic nitrogens is 1. The molecule has 2 rings (SSSR count). The average Bonchev–Trinajstić information content (AvgIpc) is 2.34. The van der Waals surface area contributed by atoms with Crippen molar-refractivity contribution in [2.45, 2.75) is 6.54 Å². The smallest absolute Gasteiger partial charge is 0.238 e. The molecule has 0 fully saturated rings. The number of rotatable bonds is 3. The normalized spacial score (nSPS) is 10.4. The van der Waals surface area contributed by atoms with Crippen LogP contribution in [-0.2, 0) is 6.54 Å².